The Bertz CT molecular complexity index is 299. The fourth-order valence-corrected chi connectivity index (χ4v) is 4.24. The molecule has 2 aliphatic rings. The topological polar surface area (TPSA) is 15.3 Å². The maximum absolute atomic E-state index is 3.89. The van der Waals surface area contributed by atoms with E-state index in [-0.39, 0.29) is 0 Å². The summed E-state index contributed by atoms with van der Waals surface area (Å²) in [5, 5.41) is 3.89. The van der Waals surface area contributed by atoms with Crippen molar-refractivity contribution < 1.29 is 0 Å². The predicted octanol–water partition coefficient (Wildman–Crippen LogP) is 4.59. The molecule has 1 heterocycles. The molecular formula is C19H38N2. The second kappa shape index (κ2) is 7.46. The first-order valence-electron chi connectivity index (χ1n) is 9.46. The molecule has 0 aromatic heterocycles. The highest BCUT2D eigenvalue weighted by Crippen LogP contribution is 2.39. The van der Waals surface area contributed by atoms with Gasteiger partial charge in [-0.3, -0.25) is 4.90 Å². The standard InChI is InChI=1S/C19H38N2/c1-5-6-7-8-11-14-21-15-17(18(2,3)4)20-16-19(21)12-9-10-13-19/h17,20H,5-16H2,1-4H3. The van der Waals surface area contributed by atoms with Crippen molar-refractivity contribution in [1.82, 2.24) is 10.2 Å². The zero-order valence-electron chi connectivity index (χ0n) is 15.0. The molecule has 1 N–H and O–H groups in total. The van der Waals surface area contributed by atoms with E-state index in [9.17, 15) is 0 Å². The highest BCUT2D eigenvalue weighted by Gasteiger charge is 2.45. The summed E-state index contributed by atoms with van der Waals surface area (Å²) in [6, 6.07) is 0.652. The van der Waals surface area contributed by atoms with E-state index in [1.54, 1.807) is 0 Å². The quantitative estimate of drug-likeness (QED) is 0.721. The van der Waals surface area contributed by atoms with Crippen molar-refractivity contribution in [3.63, 3.8) is 0 Å². The van der Waals surface area contributed by atoms with E-state index >= 15 is 0 Å². The Morgan fingerprint density at radius 3 is 2.33 bits per heavy atom. The van der Waals surface area contributed by atoms with Crippen molar-refractivity contribution in [3.05, 3.63) is 0 Å². The smallest absolute Gasteiger partial charge is 0.0334 e. The van der Waals surface area contributed by atoms with E-state index in [0.29, 0.717) is 17.0 Å². The summed E-state index contributed by atoms with van der Waals surface area (Å²) in [4.78, 5) is 2.89. The van der Waals surface area contributed by atoms with Gasteiger partial charge in [-0.15, -0.1) is 0 Å². The van der Waals surface area contributed by atoms with Gasteiger partial charge in [-0.05, 0) is 31.2 Å². The average Bonchev–Trinajstić information content (AvgIpc) is 2.88. The average molecular weight is 295 g/mol. The van der Waals surface area contributed by atoms with E-state index in [2.05, 4.69) is 37.9 Å². The minimum absolute atomic E-state index is 0.376. The third kappa shape index (κ3) is 4.45. The van der Waals surface area contributed by atoms with Crippen molar-refractivity contribution in [2.45, 2.75) is 97.1 Å². The van der Waals surface area contributed by atoms with Crippen LogP contribution in [0, 0.1) is 5.41 Å². The number of hydrogen-bond donors (Lipinski definition) is 1. The number of nitrogens with one attached hydrogen (secondary N) is 1. The van der Waals surface area contributed by atoms with Crippen molar-refractivity contribution in [2.75, 3.05) is 19.6 Å². The monoisotopic (exact) mass is 294 g/mol. The van der Waals surface area contributed by atoms with Crippen LogP contribution in [-0.2, 0) is 0 Å². The summed E-state index contributed by atoms with van der Waals surface area (Å²) in [5.41, 5.74) is 0.882. The molecule has 1 atom stereocenters. The number of nitrogens with zero attached hydrogens (tertiary/aromatic N) is 1. The Labute approximate surface area is 133 Å². The normalized spacial score (nSPS) is 26.6. The lowest BCUT2D eigenvalue weighted by molar-refractivity contribution is 0.0159. The maximum Gasteiger partial charge on any atom is 0.0334 e. The van der Waals surface area contributed by atoms with Gasteiger partial charge in [-0.1, -0.05) is 66.2 Å². The molecule has 2 nitrogen and oxygen atoms in total. The predicted molar refractivity (Wildman–Crippen MR) is 92.8 cm³/mol. The molecule has 124 valence electrons. The molecule has 2 rings (SSSR count). The molecule has 1 unspecified atom stereocenters. The zero-order valence-corrected chi connectivity index (χ0v) is 15.0. The lowest BCUT2D eigenvalue weighted by atomic mass is 9.81. The van der Waals surface area contributed by atoms with Crippen LogP contribution in [0.3, 0.4) is 0 Å². The van der Waals surface area contributed by atoms with Gasteiger partial charge in [0.2, 0.25) is 0 Å². The third-order valence-electron chi connectivity index (χ3n) is 5.86. The summed E-state index contributed by atoms with van der Waals surface area (Å²) < 4.78 is 0. The van der Waals surface area contributed by atoms with Crippen LogP contribution < -0.4 is 5.32 Å². The first-order chi connectivity index (χ1) is 9.98. The zero-order chi connectivity index (χ0) is 15.3. The SMILES string of the molecule is CCCCCCCN1CC(C(C)(C)C)NCC12CCCC2. The largest absolute Gasteiger partial charge is 0.310 e. The van der Waals surface area contributed by atoms with Crippen molar-refractivity contribution in [1.29, 1.82) is 0 Å². The van der Waals surface area contributed by atoms with Crippen molar-refractivity contribution in [3.8, 4) is 0 Å². The van der Waals surface area contributed by atoms with Gasteiger partial charge >= 0.3 is 0 Å². The summed E-state index contributed by atoms with van der Waals surface area (Å²) in [7, 11) is 0. The third-order valence-corrected chi connectivity index (χ3v) is 5.86. The Kier molecular flexibility index (Phi) is 6.14. The van der Waals surface area contributed by atoms with E-state index < -0.39 is 0 Å². The van der Waals surface area contributed by atoms with E-state index in [4.69, 9.17) is 0 Å². The number of piperazine rings is 1. The number of unbranched alkanes of at least 4 members (excludes halogenated alkanes) is 4. The van der Waals surface area contributed by atoms with Gasteiger partial charge in [0.25, 0.3) is 0 Å². The number of hydrogen-bond acceptors (Lipinski definition) is 2. The van der Waals surface area contributed by atoms with E-state index in [0.717, 1.165) is 0 Å². The second-order valence-corrected chi connectivity index (χ2v) is 8.59. The van der Waals surface area contributed by atoms with Gasteiger partial charge in [0.1, 0.15) is 0 Å². The molecule has 2 fully saturated rings. The molecule has 1 saturated carbocycles. The van der Waals surface area contributed by atoms with Crippen molar-refractivity contribution in [2.24, 2.45) is 5.41 Å². The Hall–Kier alpha value is -0.0800. The molecular weight excluding hydrogens is 256 g/mol. The fourth-order valence-electron chi connectivity index (χ4n) is 4.24. The Balaban J connectivity index is 1.90. The first kappa shape index (κ1) is 17.3. The molecule has 0 aromatic rings. The van der Waals surface area contributed by atoms with E-state index in [1.807, 2.05) is 0 Å². The Morgan fingerprint density at radius 2 is 1.71 bits per heavy atom. The van der Waals surface area contributed by atoms with Gasteiger partial charge in [0.15, 0.2) is 0 Å². The molecule has 0 aromatic carbocycles. The molecule has 1 spiro atoms. The second-order valence-electron chi connectivity index (χ2n) is 8.59. The summed E-state index contributed by atoms with van der Waals surface area (Å²) in [5.74, 6) is 0. The molecule has 0 bridgehead atoms. The van der Waals surface area contributed by atoms with E-state index in [1.165, 1.54) is 77.4 Å². The van der Waals surface area contributed by atoms with Crippen LogP contribution in [0.5, 0.6) is 0 Å². The molecule has 1 aliphatic heterocycles. The molecule has 21 heavy (non-hydrogen) atoms. The highest BCUT2D eigenvalue weighted by atomic mass is 15.3. The van der Waals surface area contributed by atoms with Crippen LogP contribution in [0.15, 0.2) is 0 Å². The molecule has 1 aliphatic carbocycles. The lowest BCUT2D eigenvalue weighted by Gasteiger charge is -2.51. The lowest BCUT2D eigenvalue weighted by Crippen LogP contribution is -2.66. The summed E-state index contributed by atoms with van der Waals surface area (Å²) >= 11 is 0. The van der Waals surface area contributed by atoms with Crippen LogP contribution >= 0.6 is 0 Å². The summed E-state index contributed by atoms with van der Waals surface area (Å²) in [6.45, 7) is 13.3. The molecule has 0 radical (unpaired) electrons. The molecule has 1 saturated heterocycles. The van der Waals surface area contributed by atoms with Crippen LogP contribution in [-0.4, -0.2) is 36.1 Å². The van der Waals surface area contributed by atoms with Crippen LogP contribution in [0.1, 0.15) is 85.5 Å². The van der Waals surface area contributed by atoms with Gasteiger partial charge in [-0.25, -0.2) is 0 Å². The van der Waals surface area contributed by atoms with Crippen LogP contribution in [0.25, 0.3) is 0 Å². The number of rotatable bonds is 6. The van der Waals surface area contributed by atoms with Crippen LogP contribution in [0.2, 0.25) is 0 Å². The summed E-state index contributed by atoms with van der Waals surface area (Å²) in [6.07, 6.45) is 12.7. The Morgan fingerprint density at radius 1 is 1.05 bits per heavy atom. The van der Waals surface area contributed by atoms with Gasteiger partial charge < -0.3 is 5.32 Å². The van der Waals surface area contributed by atoms with Crippen LogP contribution in [0.4, 0.5) is 0 Å². The maximum atomic E-state index is 3.89. The highest BCUT2D eigenvalue weighted by molar-refractivity contribution is 5.03. The fraction of sp³-hybridized carbons (Fsp3) is 1.00. The molecule has 0 amide bonds. The van der Waals surface area contributed by atoms with Gasteiger partial charge in [0, 0.05) is 24.7 Å². The molecule has 2 heteroatoms. The first-order valence-corrected chi connectivity index (χ1v) is 9.46. The van der Waals surface area contributed by atoms with Gasteiger partial charge in [-0.2, -0.15) is 0 Å². The van der Waals surface area contributed by atoms with Gasteiger partial charge in [0.05, 0.1) is 0 Å². The minimum Gasteiger partial charge on any atom is -0.310 e. The van der Waals surface area contributed by atoms with Crippen molar-refractivity contribution >= 4 is 0 Å². The minimum atomic E-state index is 0.376.